The molecule has 1 rings (SSSR count). The van der Waals surface area contributed by atoms with Gasteiger partial charge < -0.3 is 4.55 Å². The van der Waals surface area contributed by atoms with Crippen LogP contribution in [0.25, 0.3) is 0 Å². The zero-order chi connectivity index (χ0) is 10.7. The lowest BCUT2D eigenvalue weighted by molar-refractivity contribution is 0.108. The van der Waals surface area contributed by atoms with Gasteiger partial charge in [-0.05, 0) is 35.4 Å². The Hall–Kier alpha value is -0.230. The molecule has 0 aliphatic carbocycles. The van der Waals surface area contributed by atoms with E-state index in [0.717, 1.165) is 0 Å². The number of rotatable bonds is 3. The first-order chi connectivity index (χ1) is 6.50. The fraction of sp³-hybridized carbons (Fsp3) is 0.125. The minimum atomic E-state index is -2.23. The molecule has 0 spiro atoms. The summed E-state index contributed by atoms with van der Waals surface area (Å²) in [7, 11) is 0. The number of carbonyl (C=O) groups excluding carboxylic acids is 1. The lowest BCUT2D eigenvalue weighted by Gasteiger charge is -2.08. The Labute approximate surface area is 96.9 Å². The van der Waals surface area contributed by atoms with E-state index in [1.165, 1.54) is 6.07 Å². The van der Waals surface area contributed by atoms with E-state index in [-0.39, 0.29) is 11.3 Å². The van der Waals surface area contributed by atoms with Crippen LogP contribution in [0.1, 0.15) is 15.9 Å². The molecule has 1 aromatic carbocycles. The molecule has 1 unspecified atom stereocenters. The molecule has 0 fully saturated rings. The maximum Gasteiger partial charge on any atom is 0.252 e. The van der Waals surface area contributed by atoms with Crippen molar-refractivity contribution >= 4 is 43.9 Å². The Bertz CT molecular complexity index is 394. The monoisotopic (exact) mass is 295 g/mol. The van der Waals surface area contributed by atoms with Gasteiger partial charge in [-0.3, -0.25) is 9.00 Å². The highest BCUT2D eigenvalue weighted by molar-refractivity contribution is 9.10. The van der Waals surface area contributed by atoms with Gasteiger partial charge in [-0.1, -0.05) is 27.0 Å². The summed E-state index contributed by atoms with van der Waals surface area (Å²) in [6, 6.07) is 4.68. The predicted molar refractivity (Wildman–Crippen MR) is 56.9 cm³/mol. The SMILES string of the molecule is O=C(Cl)c1ccc(Br)cc1CS(=O)[O-]. The van der Waals surface area contributed by atoms with E-state index in [1.807, 2.05) is 0 Å². The van der Waals surface area contributed by atoms with Crippen LogP contribution in [0.4, 0.5) is 0 Å². The Morgan fingerprint density at radius 3 is 2.71 bits per heavy atom. The van der Waals surface area contributed by atoms with Gasteiger partial charge in [0.25, 0.3) is 5.24 Å². The molecule has 14 heavy (non-hydrogen) atoms. The molecular weight excluding hydrogens is 292 g/mol. The van der Waals surface area contributed by atoms with E-state index in [1.54, 1.807) is 12.1 Å². The van der Waals surface area contributed by atoms with Crippen LogP contribution in [0, 0.1) is 0 Å². The average Bonchev–Trinajstić information content (AvgIpc) is 2.01. The van der Waals surface area contributed by atoms with Crippen LogP contribution < -0.4 is 0 Å². The number of halogens is 2. The molecule has 0 saturated heterocycles. The van der Waals surface area contributed by atoms with Crippen molar-refractivity contribution in [2.24, 2.45) is 0 Å². The van der Waals surface area contributed by atoms with Crippen LogP contribution in [0.5, 0.6) is 0 Å². The van der Waals surface area contributed by atoms with Crippen LogP contribution in [0.3, 0.4) is 0 Å². The Kier molecular flexibility index (Phi) is 4.25. The summed E-state index contributed by atoms with van der Waals surface area (Å²) >= 11 is 6.24. The van der Waals surface area contributed by atoms with Crippen molar-refractivity contribution < 1.29 is 13.6 Å². The Morgan fingerprint density at radius 1 is 1.57 bits per heavy atom. The number of hydrogen-bond donors (Lipinski definition) is 0. The maximum absolute atomic E-state index is 10.9. The number of hydrogen-bond acceptors (Lipinski definition) is 3. The lowest BCUT2D eigenvalue weighted by atomic mass is 10.1. The molecule has 0 aliphatic rings. The minimum Gasteiger partial charge on any atom is -0.772 e. The van der Waals surface area contributed by atoms with Gasteiger partial charge in [-0.2, -0.15) is 0 Å². The van der Waals surface area contributed by atoms with Gasteiger partial charge in [0.1, 0.15) is 0 Å². The van der Waals surface area contributed by atoms with Gasteiger partial charge in [0.15, 0.2) is 0 Å². The summed E-state index contributed by atoms with van der Waals surface area (Å²) in [5.41, 5.74) is 0.617. The summed E-state index contributed by atoms with van der Waals surface area (Å²) in [4.78, 5) is 10.9. The van der Waals surface area contributed by atoms with Gasteiger partial charge in [-0.15, -0.1) is 0 Å². The number of carbonyl (C=O) groups is 1. The van der Waals surface area contributed by atoms with Crippen molar-refractivity contribution in [2.45, 2.75) is 5.75 Å². The molecule has 0 saturated carbocycles. The fourth-order valence-corrected chi connectivity index (χ4v) is 2.09. The minimum absolute atomic E-state index is 0.215. The molecule has 0 aliphatic heterocycles. The first kappa shape index (κ1) is 11.8. The predicted octanol–water partition coefficient (Wildman–Crippen LogP) is 2.21. The van der Waals surface area contributed by atoms with E-state index >= 15 is 0 Å². The molecule has 1 atom stereocenters. The highest BCUT2D eigenvalue weighted by Gasteiger charge is 2.09. The van der Waals surface area contributed by atoms with Crippen LogP contribution >= 0.6 is 27.5 Å². The molecule has 0 radical (unpaired) electrons. The lowest BCUT2D eigenvalue weighted by Crippen LogP contribution is -2.01. The third-order valence-corrected chi connectivity index (χ3v) is 2.80. The van der Waals surface area contributed by atoms with Gasteiger partial charge in [-0.25, -0.2) is 0 Å². The first-order valence-electron chi connectivity index (χ1n) is 3.55. The first-order valence-corrected chi connectivity index (χ1v) is 5.96. The highest BCUT2D eigenvalue weighted by atomic mass is 79.9. The molecule has 0 amide bonds. The molecule has 1 aromatic rings. The molecule has 76 valence electrons. The summed E-state index contributed by atoms with van der Waals surface area (Å²) in [5, 5.41) is -0.655. The largest absolute Gasteiger partial charge is 0.772 e. The van der Waals surface area contributed by atoms with E-state index < -0.39 is 16.3 Å². The summed E-state index contributed by atoms with van der Waals surface area (Å²) in [5.74, 6) is -0.215. The Morgan fingerprint density at radius 2 is 2.21 bits per heavy atom. The second kappa shape index (κ2) is 5.02. The topological polar surface area (TPSA) is 57.2 Å². The zero-order valence-electron chi connectivity index (χ0n) is 6.83. The van der Waals surface area contributed by atoms with Crippen molar-refractivity contribution in [3.63, 3.8) is 0 Å². The molecular formula is C8H5BrClO3S-. The van der Waals surface area contributed by atoms with E-state index in [9.17, 15) is 13.6 Å². The van der Waals surface area contributed by atoms with Gasteiger partial charge in [0.2, 0.25) is 0 Å². The van der Waals surface area contributed by atoms with Gasteiger partial charge >= 0.3 is 0 Å². The van der Waals surface area contributed by atoms with Crippen molar-refractivity contribution in [1.29, 1.82) is 0 Å². The maximum atomic E-state index is 10.9. The third-order valence-electron chi connectivity index (χ3n) is 1.55. The van der Waals surface area contributed by atoms with Gasteiger partial charge in [0.05, 0.1) is 0 Å². The van der Waals surface area contributed by atoms with Crippen LogP contribution in [0.2, 0.25) is 0 Å². The Balaban J connectivity index is 3.15. The average molecular weight is 297 g/mol. The van der Waals surface area contributed by atoms with Crippen LogP contribution in [-0.2, 0) is 16.8 Å². The molecule has 0 N–H and O–H groups in total. The van der Waals surface area contributed by atoms with Crippen molar-refractivity contribution in [3.8, 4) is 0 Å². The smallest absolute Gasteiger partial charge is 0.252 e. The zero-order valence-corrected chi connectivity index (χ0v) is 9.99. The second-order valence-electron chi connectivity index (χ2n) is 2.52. The molecule has 6 heteroatoms. The summed E-state index contributed by atoms with van der Waals surface area (Å²) < 4.78 is 21.7. The van der Waals surface area contributed by atoms with Crippen LogP contribution in [0.15, 0.2) is 22.7 Å². The highest BCUT2D eigenvalue weighted by Crippen LogP contribution is 2.19. The van der Waals surface area contributed by atoms with E-state index in [0.29, 0.717) is 10.0 Å². The van der Waals surface area contributed by atoms with Crippen molar-refractivity contribution in [1.82, 2.24) is 0 Å². The van der Waals surface area contributed by atoms with E-state index in [4.69, 9.17) is 11.6 Å². The summed E-state index contributed by atoms with van der Waals surface area (Å²) in [6.45, 7) is 0. The quantitative estimate of drug-likeness (QED) is 0.635. The van der Waals surface area contributed by atoms with Gasteiger partial charge in [0, 0.05) is 15.8 Å². The third kappa shape index (κ3) is 3.16. The van der Waals surface area contributed by atoms with Crippen molar-refractivity contribution in [2.75, 3.05) is 0 Å². The normalized spacial score (nSPS) is 12.5. The van der Waals surface area contributed by atoms with E-state index in [2.05, 4.69) is 15.9 Å². The standard InChI is InChI=1S/C8H6BrClO3S/c9-6-1-2-7(8(10)11)5(3-6)4-14(12)13/h1-3H,4H2,(H,12,13)/p-1. The summed E-state index contributed by atoms with van der Waals surface area (Å²) in [6.07, 6.45) is 0. The molecule has 3 nitrogen and oxygen atoms in total. The fourth-order valence-electron chi connectivity index (χ4n) is 1.00. The molecule has 0 aromatic heterocycles. The molecule has 0 bridgehead atoms. The number of benzene rings is 1. The second-order valence-corrected chi connectivity index (χ2v) is 4.68. The van der Waals surface area contributed by atoms with Crippen LogP contribution in [-0.4, -0.2) is 14.0 Å². The molecule has 0 heterocycles. The van der Waals surface area contributed by atoms with Crippen molar-refractivity contribution in [3.05, 3.63) is 33.8 Å².